The standard InChI is InChI=1S/C22H23F3N4O/c1-14-13-30-9-8-29(14)18-7-6-17-12-27-28-21(19(17)10-18)26-11-16-4-3-5-20(15(16)2)22(23,24)25/h3-7,10,12,14H,8-9,11,13H2,1-2H3,(H,26,28). The molecule has 1 aromatic heterocycles. The first-order valence-electron chi connectivity index (χ1n) is 9.84. The average Bonchev–Trinajstić information content (AvgIpc) is 2.72. The van der Waals surface area contributed by atoms with Crippen molar-refractivity contribution in [3.05, 3.63) is 59.3 Å². The Morgan fingerprint density at radius 3 is 2.83 bits per heavy atom. The minimum Gasteiger partial charge on any atom is -0.377 e. The molecule has 3 aromatic rings. The number of hydrogen-bond donors (Lipinski definition) is 1. The highest BCUT2D eigenvalue weighted by molar-refractivity contribution is 5.93. The number of nitrogens with one attached hydrogen (secondary N) is 1. The van der Waals surface area contributed by atoms with Crippen LogP contribution in [0.3, 0.4) is 0 Å². The van der Waals surface area contributed by atoms with E-state index >= 15 is 0 Å². The van der Waals surface area contributed by atoms with Crippen LogP contribution in [0.1, 0.15) is 23.6 Å². The maximum absolute atomic E-state index is 13.2. The number of nitrogens with zero attached hydrogens (tertiary/aromatic N) is 3. The number of fused-ring (bicyclic) bond motifs is 1. The fraction of sp³-hybridized carbons (Fsp3) is 0.364. The Morgan fingerprint density at radius 1 is 1.23 bits per heavy atom. The number of ether oxygens (including phenoxy) is 1. The van der Waals surface area contributed by atoms with Crippen molar-refractivity contribution in [2.24, 2.45) is 0 Å². The molecular formula is C22H23F3N4O. The fourth-order valence-corrected chi connectivity index (χ4v) is 3.85. The smallest absolute Gasteiger partial charge is 0.377 e. The van der Waals surface area contributed by atoms with Gasteiger partial charge in [0.2, 0.25) is 0 Å². The Morgan fingerprint density at radius 2 is 2.07 bits per heavy atom. The van der Waals surface area contributed by atoms with Gasteiger partial charge < -0.3 is 15.0 Å². The number of hydrogen-bond acceptors (Lipinski definition) is 5. The number of morpholine rings is 1. The molecule has 1 N–H and O–H groups in total. The topological polar surface area (TPSA) is 50.3 Å². The second-order valence-electron chi connectivity index (χ2n) is 7.52. The monoisotopic (exact) mass is 416 g/mol. The molecule has 1 fully saturated rings. The third kappa shape index (κ3) is 4.05. The highest BCUT2D eigenvalue weighted by Crippen LogP contribution is 2.33. The summed E-state index contributed by atoms with van der Waals surface area (Å²) in [7, 11) is 0. The first-order valence-corrected chi connectivity index (χ1v) is 9.84. The van der Waals surface area contributed by atoms with Crippen molar-refractivity contribution in [2.75, 3.05) is 30.0 Å². The zero-order valence-corrected chi connectivity index (χ0v) is 16.8. The van der Waals surface area contributed by atoms with Gasteiger partial charge in [0.25, 0.3) is 0 Å². The van der Waals surface area contributed by atoms with Gasteiger partial charge in [-0.1, -0.05) is 18.2 Å². The van der Waals surface area contributed by atoms with Crippen LogP contribution in [0, 0.1) is 6.92 Å². The molecule has 0 saturated carbocycles. The van der Waals surface area contributed by atoms with Crippen molar-refractivity contribution in [2.45, 2.75) is 32.6 Å². The van der Waals surface area contributed by atoms with Gasteiger partial charge in [-0.2, -0.15) is 18.3 Å². The van der Waals surface area contributed by atoms with E-state index in [0.717, 1.165) is 29.1 Å². The molecule has 0 amide bonds. The summed E-state index contributed by atoms with van der Waals surface area (Å²) in [5.41, 5.74) is 1.23. The molecule has 2 aromatic carbocycles. The van der Waals surface area contributed by atoms with Crippen molar-refractivity contribution in [1.29, 1.82) is 0 Å². The van der Waals surface area contributed by atoms with Gasteiger partial charge >= 0.3 is 6.18 Å². The summed E-state index contributed by atoms with van der Waals surface area (Å²) in [6.45, 7) is 5.98. The predicted molar refractivity (Wildman–Crippen MR) is 111 cm³/mol. The number of benzene rings is 2. The zero-order chi connectivity index (χ0) is 21.3. The summed E-state index contributed by atoms with van der Waals surface area (Å²) in [6.07, 6.45) is -2.69. The van der Waals surface area contributed by atoms with Crippen molar-refractivity contribution in [3.8, 4) is 0 Å². The highest BCUT2D eigenvalue weighted by atomic mass is 19.4. The number of alkyl halides is 3. The molecule has 0 aliphatic carbocycles. The van der Waals surface area contributed by atoms with Crippen LogP contribution in [0.25, 0.3) is 10.8 Å². The summed E-state index contributed by atoms with van der Waals surface area (Å²) in [6, 6.07) is 10.6. The molecular weight excluding hydrogens is 393 g/mol. The summed E-state index contributed by atoms with van der Waals surface area (Å²) >= 11 is 0. The van der Waals surface area contributed by atoms with E-state index in [1.807, 2.05) is 18.2 Å². The molecule has 4 rings (SSSR count). The van der Waals surface area contributed by atoms with Crippen LogP contribution in [-0.2, 0) is 17.5 Å². The van der Waals surface area contributed by atoms with Crippen molar-refractivity contribution in [1.82, 2.24) is 10.2 Å². The summed E-state index contributed by atoms with van der Waals surface area (Å²) in [4.78, 5) is 2.28. The molecule has 0 spiro atoms. The second kappa shape index (κ2) is 8.10. The number of anilines is 2. The minimum absolute atomic E-state index is 0.216. The first kappa shape index (κ1) is 20.4. The maximum atomic E-state index is 13.2. The van der Waals surface area contributed by atoms with E-state index in [0.29, 0.717) is 24.6 Å². The summed E-state index contributed by atoms with van der Waals surface area (Å²) in [5.74, 6) is 0.548. The van der Waals surface area contributed by atoms with E-state index in [1.165, 1.54) is 13.0 Å². The molecule has 1 unspecified atom stereocenters. The van der Waals surface area contributed by atoms with Crippen LogP contribution in [-0.4, -0.2) is 36.0 Å². The third-order valence-corrected chi connectivity index (χ3v) is 5.54. The lowest BCUT2D eigenvalue weighted by molar-refractivity contribution is -0.138. The molecule has 158 valence electrons. The van der Waals surface area contributed by atoms with E-state index in [-0.39, 0.29) is 18.2 Å². The molecule has 1 atom stereocenters. The van der Waals surface area contributed by atoms with Gasteiger partial charge in [0.05, 0.1) is 25.0 Å². The van der Waals surface area contributed by atoms with Crippen LogP contribution in [0.4, 0.5) is 24.7 Å². The lowest BCUT2D eigenvalue weighted by Gasteiger charge is -2.35. The Labute approximate surface area is 172 Å². The third-order valence-electron chi connectivity index (χ3n) is 5.54. The molecule has 1 aliphatic rings. The second-order valence-corrected chi connectivity index (χ2v) is 7.52. The molecule has 8 heteroatoms. The fourth-order valence-electron chi connectivity index (χ4n) is 3.85. The van der Waals surface area contributed by atoms with Gasteiger partial charge in [-0.15, -0.1) is 5.10 Å². The zero-order valence-electron chi connectivity index (χ0n) is 16.8. The van der Waals surface area contributed by atoms with Crippen LogP contribution in [0.15, 0.2) is 42.6 Å². The molecule has 0 radical (unpaired) electrons. The van der Waals surface area contributed by atoms with E-state index in [4.69, 9.17) is 4.74 Å². The van der Waals surface area contributed by atoms with Gasteiger partial charge in [-0.25, -0.2) is 0 Å². The van der Waals surface area contributed by atoms with Crippen LogP contribution in [0.5, 0.6) is 0 Å². The molecule has 30 heavy (non-hydrogen) atoms. The Balaban J connectivity index is 1.63. The summed E-state index contributed by atoms with van der Waals surface area (Å²) in [5, 5.41) is 13.2. The highest BCUT2D eigenvalue weighted by Gasteiger charge is 2.32. The van der Waals surface area contributed by atoms with Crippen molar-refractivity contribution >= 4 is 22.3 Å². The largest absolute Gasteiger partial charge is 0.416 e. The first-order chi connectivity index (χ1) is 14.3. The molecule has 1 saturated heterocycles. The Kier molecular flexibility index (Phi) is 5.51. The lowest BCUT2D eigenvalue weighted by Crippen LogP contribution is -2.43. The number of halogens is 3. The van der Waals surface area contributed by atoms with Gasteiger partial charge in [-0.3, -0.25) is 0 Å². The minimum atomic E-state index is -4.37. The normalized spacial score (nSPS) is 17.4. The molecule has 1 aliphatic heterocycles. The quantitative estimate of drug-likeness (QED) is 0.663. The Bertz CT molecular complexity index is 1050. The molecule has 2 heterocycles. The van der Waals surface area contributed by atoms with Crippen molar-refractivity contribution < 1.29 is 17.9 Å². The van der Waals surface area contributed by atoms with E-state index < -0.39 is 11.7 Å². The van der Waals surface area contributed by atoms with Crippen LogP contribution >= 0.6 is 0 Å². The van der Waals surface area contributed by atoms with E-state index in [1.54, 1.807) is 12.3 Å². The molecule has 5 nitrogen and oxygen atoms in total. The average molecular weight is 416 g/mol. The van der Waals surface area contributed by atoms with Gasteiger partial charge in [0.15, 0.2) is 5.82 Å². The maximum Gasteiger partial charge on any atom is 0.416 e. The Hall–Kier alpha value is -2.87. The molecule has 0 bridgehead atoms. The van der Waals surface area contributed by atoms with Crippen LogP contribution in [0.2, 0.25) is 0 Å². The van der Waals surface area contributed by atoms with Crippen LogP contribution < -0.4 is 10.2 Å². The van der Waals surface area contributed by atoms with Gasteiger partial charge in [0.1, 0.15) is 0 Å². The van der Waals surface area contributed by atoms with E-state index in [9.17, 15) is 13.2 Å². The van der Waals surface area contributed by atoms with Gasteiger partial charge in [0, 0.05) is 35.6 Å². The number of aromatic nitrogens is 2. The van der Waals surface area contributed by atoms with Crippen molar-refractivity contribution in [3.63, 3.8) is 0 Å². The number of rotatable bonds is 4. The lowest BCUT2D eigenvalue weighted by atomic mass is 10.0. The summed E-state index contributed by atoms with van der Waals surface area (Å²) < 4.78 is 45.1. The van der Waals surface area contributed by atoms with Gasteiger partial charge in [-0.05, 0) is 43.2 Å². The predicted octanol–water partition coefficient (Wildman–Crippen LogP) is 4.79. The van der Waals surface area contributed by atoms with E-state index in [2.05, 4.69) is 27.3 Å². The SMILES string of the molecule is Cc1c(CNc2nncc3ccc(N4CCOCC4C)cc23)cccc1C(F)(F)F.